The van der Waals surface area contributed by atoms with E-state index in [9.17, 15) is 16.8 Å². The van der Waals surface area contributed by atoms with Crippen LogP contribution in [-0.2, 0) is 32.8 Å². The van der Waals surface area contributed by atoms with Crippen molar-refractivity contribution in [2.75, 3.05) is 32.1 Å². The second-order valence-electron chi connectivity index (χ2n) is 5.28. The largest absolute Gasteiger partial charge is 0.312 e. The summed E-state index contributed by atoms with van der Waals surface area (Å²) in [5.74, 6) is -0.181. The number of benzene rings is 1. The molecule has 6 nitrogen and oxygen atoms in total. The Morgan fingerprint density at radius 2 is 1.95 bits per heavy atom. The molecular formula is C13H20N2O4S2. The van der Waals surface area contributed by atoms with Crippen LogP contribution in [0.2, 0.25) is 0 Å². The number of fused-ring (bicyclic) bond motifs is 1. The lowest BCUT2D eigenvalue weighted by molar-refractivity contribution is 0.482. The summed E-state index contributed by atoms with van der Waals surface area (Å²) in [7, 11) is -5.44. The second kappa shape index (κ2) is 6.04. The molecule has 0 aliphatic carbocycles. The molecule has 21 heavy (non-hydrogen) atoms. The molecule has 0 unspecified atom stereocenters. The van der Waals surface area contributed by atoms with Crippen molar-refractivity contribution >= 4 is 19.9 Å². The molecule has 1 aromatic carbocycles. The van der Waals surface area contributed by atoms with Crippen LogP contribution in [-0.4, -0.2) is 53.3 Å². The normalized spacial score (nSPS) is 16.0. The summed E-state index contributed by atoms with van der Waals surface area (Å²) in [5.41, 5.74) is 1.82. The average Bonchev–Trinajstić information content (AvgIpc) is 2.43. The van der Waals surface area contributed by atoms with E-state index in [1.807, 2.05) is 6.07 Å². The summed E-state index contributed by atoms with van der Waals surface area (Å²) >= 11 is 0. The van der Waals surface area contributed by atoms with E-state index in [-0.39, 0.29) is 17.2 Å². The van der Waals surface area contributed by atoms with Crippen molar-refractivity contribution in [3.8, 4) is 0 Å². The third kappa shape index (κ3) is 3.82. The van der Waals surface area contributed by atoms with Gasteiger partial charge >= 0.3 is 0 Å². The standard InChI is InChI=1S/C13H20N2O4S2/c1-15(8-9-20(2,16)17)21(18,19)13-5-3-4-11-10-14-7-6-12(11)13/h3-5,14H,6-10H2,1-2H3. The molecule has 0 amide bonds. The molecule has 0 radical (unpaired) electrons. The molecule has 0 atom stereocenters. The van der Waals surface area contributed by atoms with E-state index in [4.69, 9.17) is 0 Å². The van der Waals surface area contributed by atoms with E-state index in [1.165, 1.54) is 7.05 Å². The second-order valence-corrected chi connectivity index (χ2v) is 9.55. The van der Waals surface area contributed by atoms with Gasteiger partial charge in [-0.3, -0.25) is 0 Å². The van der Waals surface area contributed by atoms with Crippen LogP contribution in [0.4, 0.5) is 0 Å². The molecule has 1 aliphatic heterocycles. The van der Waals surface area contributed by atoms with Gasteiger partial charge in [-0.1, -0.05) is 12.1 Å². The SMILES string of the molecule is CN(CCS(C)(=O)=O)S(=O)(=O)c1cccc2c1CCNC2. The Balaban J connectivity index is 2.31. The van der Waals surface area contributed by atoms with Crippen molar-refractivity contribution in [3.05, 3.63) is 29.3 Å². The van der Waals surface area contributed by atoms with Gasteiger partial charge in [-0.05, 0) is 30.2 Å². The van der Waals surface area contributed by atoms with Gasteiger partial charge in [0, 0.05) is 26.4 Å². The Morgan fingerprint density at radius 1 is 1.24 bits per heavy atom. The van der Waals surface area contributed by atoms with E-state index in [2.05, 4.69) is 5.32 Å². The first-order chi connectivity index (χ1) is 9.72. The average molecular weight is 332 g/mol. The third-order valence-electron chi connectivity index (χ3n) is 3.56. The quantitative estimate of drug-likeness (QED) is 0.820. The van der Waals surface area contributed by atoms with Gasteiger partial charge in [0.05, 0.1) is 10.6 Å². The monoisotopic (exact) mass is 332 g/mol. The van der Waals surface area contributed by atoms with Crippen LogP contribution in [0.1, 0.15) is 11.1 Å². The van der Waals surface area contributed by atoms with E-state index in [0.29, 0.717) is 13.0 Å². The molecule has 118 valence electrons. The van der Waals surface area contributed by atoms with Gasteiger partial charge < -0.3 is 5.32 Å². The summed E-state index contributed by atoms with van der Waals surface area (Å²) in [6.07, 6.45) is 1.76. The van der Waals surface area contributed by atoms with Crippen LogP contribution >= 0.6 is 0 Å². The zero-order valence-corrected chi connectivity index (χ0v) is 13.8. The van der Waals surface area contributed by atoms with Gasteiger partial charge in [0.1, 0.15) is 9.84 Å². The maximum atomic E-state index is 12.6. The Morgan fingerprint density at radius 3 is 2.62 bits per heavy atom. The van der Waals surface area contributed by atoms with E-state index in [0.717, 1.165) is 28.2 Å². The summed E-state index contributed by atoms with van der Waals surface area (Å²) in [6, 6.07) is 5.23. The topological polar surface area (TPSA) is 83.6 Å². The number of sulfonamides is 1. The fourth-order valence-electron chi connectivity index (χ4n) is 2.32. The lowest BCUT2D eigenvalue weighted by atomic mass is 10.0. The highest BCUT2D eigenvalue weighted by atomic mass is 32.2. The van der Waals surface area contributed by atoms with Crippen LogP contribution < -0.4 is 5.32 Å². The predicted octanol–water partition coefficient (Wildman–Crippen LogP) is -0.00260. The first kappa shape index (κ1) is 16.4. The Labute approximate surface area is 126 Å². The number of rotatable bonds is 5. The van der Waals surface area contributed by atoms with Gasteiger partial charge in [0.15, 0.2) is 0 Å². The van der Waals surface area contributed by atoms with Crippen molar-refractivity contribution in [3.63, 3.8) is 0 Å². The lowest BCUT2D eigenvalue weighted by Gasteiger charge is -2.23. The summed E-state index contributed by atoms with van der Waals surface area (Å²) in [5, 5.41) is 3.21. The van der Waals surface area contributed by atoms with Crippen molar-refractivity contribution in [1.29, 1.82) is 0 Å². The predicted molar refractivity (Wildman–Crippen MR) is 81.4 cm³/mol. The van der Waals surface area contributed by atoms with Crippen molar-refractivity contribution in [1.82, 2.24) is 9.62 Å². The van der Waals surface area contributed by atoms with Gasteiger partial charge in [0.2, 0.25) is 10.0 Å². The fourth-order valence-corrected chi connectivity index (χ4v) is 4.50. The molecule has 0 aromatic heterocycles. The van der Waals surface area contributed by atoms with Crippen molar-refractivity contribution in [2.45, 2.75) is 17.9 Å². The van der Waals surface area contributed by atoms with Crippen LogP contribution in [0.15, 0.2) is 23.1 Å². The molecule has 1 aromatic rings. The third-order valence-corrected chi connectivity index (χ3v) is 6.43. The molecular weight excluding hydrogens is 312 g/mol. The number of nitrogens with one attached hydrogen (secondary N) is 1. The zero-order chi connectivity index (χ0) is 15.7. The number of hydrogen-bond acceptors (Lipinski definition) is 5. The minimum atomic E-state index is -3.66. The van der Waals surface area contributed by atoms with Crippen molar-refractivity contribution in [2.24, 2.45) is 0 Å². The Hall–Kier alpha value is -0.960. The fraction of sp³-hybridized carbons (Fsp3) is 0.538. The smallest absolute Gasteiger partial charge is 0.243 e. The number of sulfone groups is 1. The summed E-state index contributed by atoms with van der Waals surface area (Å²) < 4.78 is 48.8. The van der Waals surface area contributed by atoms with Crippen molar-refractivity contribution < 1.29 is 16.8 Å². The van der Waals surface area contributed by atoms with Crippen LogP contribution in [0.3, 0.4) is 0 Å². The molecule has 8 heteroatoms. The highest BCUT2D eigenvalue weighted by Crippen LogP contribution is 2.25. The van der Waals surface area contributed by atoms with E-state index in [1.54, 1.807) is 12.1 Å². The Bertz CT molecular complexity index is 727. The summed E-state index contributed by atoms with van der Waals surface area (Å²) in [6.45, 7) is 1.36. The summed E-state index contributed by atoms with van der Waals surface area (Å²) in [4.78, 5) is 0.289. The molecule has 0 fully saturated rings. The van der Waals surface area contributed by atoms with E-state index < -0.39 is 19.9 Å². The Kier molecular flexibility index (Phi) is 4.72. The molecule has 0 spiro atoms. The van der Waals surface area contributed by atoms with Gasteiger partial charge in [-0.25, -0.2) is 16.8 Å². The molecule has 0 saturated heterocycles. The number of hydrogen-bond donors (Lipinski definition) is 1. The maximum absolute atomic E-state index is 12.6. The molecule has 0 saturated carbocycles. The first-order valence-electron chi connectivity index (χ1n) is 6.67. The molecule has 1 heterocycles. The highest BCUT2D eigenvalue weighted by Gasteiger charge is 2.26. The van der Waals surface area contributed by atoms with Gasteiger partial charge in [-0.15, -0.1) is 0 Å². The first-order valence-corrected chi connectivity index (χ1v) is 10.2. The van der Waals surface area contributed by atoms with Gasteiger partial charge in [0.25, 0.3) is 0 Å². The zero-order valence-electron chi connectivity index (χ0n) is 12.2. The molecule has 1 aliphatic rings. The number of nitrogens with zero attached hydrogens (tertiary/aromatic N) is 1. The minimum absolute atomic E-state index is 0.0386. The van der Waals surface area contributed by atoms with Crippen LogP contribution in [0.25, 0.3) is 0 Å². The maximum Gasteiger partial charge on any atom is 0.243 e. The minimum Gasteiger partial charge on any atom is -0.312 e. The molecule has 0 bridgehead atoms. The highest BCUT2D eigenvalue weighted by molar-refractivity contribution is 7.91. The van der Waals surface area contributed by atoms with Crippen LogP contribution in [0.5, 0.6) is 0 Å². The molecule has 2 rings (SSSR count). The molecule has 1 N–H and O–H groups in total. The van der Waals surface area contributed by atoms with E-state index >= 15 is 0 Å². The van der Waals surface area contributed by atoms with Crippen LogP contribution in [0, 0.1) is 0 Å². The van der Waals surface area contributed by atoms with Gasteiger partial charge in [-0.2, -0.15) is 4.31 Å². The lowest BCUT2D eigenvalue weighted by Crippen LogP contribution is -2.33.